The molecule has 1 amide bonds. The number of carbonyl (C=O) groups excluding carboxylic acids is 1. The second-order valence-corrected chi connectivity index (χ2v) is 6.63. The first-order valence-electron chi connectivity index (χ1n) is 9.39. The van der Waals surface area contributed by atoms with Gasteiger partial charge < -0.3 is 19.7 Å². The molecular formula is C20H25N4O3+. The van der Waals surface area contributed by atoms with Gasteiger partial charge in [0.05, 0.1) is 43.4 Å². The molecular weight excluding hydrogens is 344 g/mol. The fraction of sp³-hybridized carbons (Fsp3) is 0.400. The van der Waals surface area contributed by atoms with Crippen LogP contribution >= 0.6 is 0 Å². The van der Waals surface area contributed by atoms with E-state index in [0.717, 1.165) is 56.6 Å². The van der Waals surface area contributed by atoms with Crippen LogP contribution in [0.15, 0.2) is 42.6 Å². The third-order valence-electron chi connectivity index (χ3n) is 4.91. The van der Waals surface area contributed by atoms with Gasteiger partial charge in [-0.25, -0.2) is 4.98 Å². The summed E-state index contributed by atoms with van der Waals surface area (Å²) in [5.74, 6) is 0.879. The van der Waals surface area contributed by atoms with Gasteiger partial charge in [-0.05, 0) is 18.2 Å². The summed E-state index contributed by atoms with van der Waals surface area (Å²) in [6.07, 6.45) is 1.76. The summed E-state index contributed by atoms with van der Waals surface area (Å²) in [6.45, 7) is 6.25. The van der Waals surface area contributed by atoms with Crippen molar-refractivity contribution in [2.45, 2.75) is 0 Å². The lowest BCUT2D eigenvalue weighted by atomic mass is 10.2. The molecule has 1 aromatic carbocycles. The number of aromatic nitrogens is 1. The van der Waals surface area contributed by atoms with Crippen LogP contribution in [0.2, 0.25) is 0 Å². The Labute approximate surface area is 158 Å². The number of anilines is 3. The molecule has 0 radical (unpaired) electrons. The Hall–Kier alpha value is -2.64. The average Bonchev–Trinajstić information content (AvgIpc) is 2.75. The number of hydrogen-bond donors (Lipinski definition) is 1. The lowest BCUT2D eigenvalue weighted by Crippen LogP contribution is -2.39. The van der Waals surface area contributed by atoms with Gasteiger partial charge in [-0.1, -0.05) is 12.1 Å². The van der Waals surface area contributed by atoms with Crippen molar-refractivity contribution in [3.8, 4) is 0 Å². The minimum atomic E-state index is -0.125. The topological polar surface area (TPSA) is 68.2 Å². The van der Waals surface area contributed by atoms with Gasteiger partial charge in [0.2, 0.25) is 0 Å². The van der Waals surface area contributed by atoms with E-state index in [0.29, 0.717) is 18.8 Å². The van der Waals surface area contributed by atoms with E-state index < -0.39 is 0 Å². The number of nitrogens with zero attached hydrogens (tertiary/aromatic N) is 2. The third kappa shape index (κ3) is 4.20. The average molecular weight is 369 g/mol. The van der Waals surface area contributed by atoms with Crippen molar-refractivity contribution in [3.05, 3.63) is 48.2 Å². The first kappa shape index (κ1) is 17.8. The van der Waals surface area contributed by atoms with Crippen molar-refractivity contribution in [1.82, 2.24) is 0 Å². The van der Waals surface area contributed by atoms with Crippen LogP contribution in [0.25, 0.3) is 0 Å². The highest BCUT2D eigenvalue weighted by molar-refractivity contribution is 6.05. The van der Waals surface area contributed by atoms with Crippen LogP contribution in [0.1, 0.15) is 10.4 Å². The zero-order valence-corrected chi connectivity index (χ0v) is 15.3. The maximum atomic E-state index is 12.7. The number of carbonyl (C=O) groups is 1. The molecule has 2 saturated heterocycles. The number of nitrogens with one attached hydrogen (secondary N) is 2. The molecule has 0 aliphatic carbocycles. The predicted molar refractivity (Wildman–Crippen MR) is 103 cm³/mol. The summed E-state index contributed by atoms with van der Waals surface area (Å²) in [7, 11) is 0. The van der Waals surface area contributed by atoms with Gasteiger partial charge in [-0.3, -0.25) is 9.69 Å². The Morgan fingerprint density at radius 3 is 2.22 bits per heavy atom. The highest BCUT2D eigenvalue weighted by atomic mass is 16.5. The molecule has 7 heteroatoms. The normalized spacial score (nSPS) is 17.6. The minimum Gasteiger partial charge on any atom is -0.378 e. The van der Waals surface area contributed by atoms with Crippen molar-refractivity contribution in [2.24, 2.45) is 0 Å². The molecule has 0 saturated carbocycles. The zero-order valence-electron chi connectivity index (χ0n) is 15.3. The van der Waals surface area contributed by atoms with Gasteiger partial charge in [-0.15, -0.1) is 0 Å². The number of hydrogen-bond acceptors (Lipinski definition) is 5. The predicted octanol–water partition coefficient (Wildman–Crippen LogP) is 1.43. The van der Waals surface area contributed by atoms with Gasteiger partial charge in [0.1, 0.15) is 19.3 Å². The third-order valence-corrected chi connectivity index (χ3v) is 4.91. The molecule has 0 unspecified atom stereocenters. The molecule has 2 aliphatic rings. The quantitative estimate of drug-likeness (QED) is 0.883. The van der Waals surface area contributed by atoms with Crippen LogP contribution in [-0.4, -0.2) is 58.5 Å². The Kier molecular flexibility index (Phi) is 5.50. The van der Waals surface area contributed by atoms with E-state index >= 15 is 0 Å². The number of rotatable bonds is 4. The molecule has 0 spiro atoms. The van der Waals surface area contributed by atoms with Crippen LogP contribution in [0, 0.1) is 0 Å². The second kappa shape index (κ2) is 8.37. The van der Waals surface area contributed by atoms with Crippen molar-refractivity contribution in [3.63, 3.8) is 0 Å². The van der Waals surface area contributed by atoms with E-state index in [1.54, 1.807) is 6.20 Å². The fourth-order valence-electron chi connectivity index (χ4n) is 3.41. The van der Waals surface area contributed by atoms with Gasteiger partial charge in [-0.2, -0.15) is 0 Å². The van der Waals surface area contributed by atoms with Crippen LogP contribution in [0.4, 0.5) is 17.2 Å². The first-order chi connectivity index (χ1) is 13.3. The Balaban J connectivity index is 1.46. The van der Waals surface area contributed by atoms with E-state index in [1.165, 1.54) is 0 Å². The summed E-state index contributed by atoms with van der Waals surface area (Å²) in [6, 6.07) is 11.7. The Morgan fingerprint density at radius 2 is 1.56 bits per heavy atom. The number of benzene rings is 1. The summed E-state index contributed by atoms with van der Waals surface area (Å²) in [5.41, 5.74) is 2.45. The fourth-order valence-corrected chi connectivity index (χ4v) is 3.41. The second-order valence-electron chi connectivity index (χ2n) is 6.63. The maximum absolute atomic E-state index is 12.7. The zero-order chi connectivity index (χ0) is 18.5. The van der Waals surface area contributed by atoms with Gasteiger partial charge >= 0.3 is 0 Å². The van der Waals surface area contributed by atoms with E-state index in [-0.39, 0.29) is 5.91 Å². The van der Waals surface area contributed by atoms with Crippen molar-refractivity contribution in [2.75, 3.05) is 67.7 Å². The van der Waals surface area contributed by atoms with E-state index in [1.807, 2.05) is 36.4 Å². The molecule has 27 heavy (non-hydrogen) atoms. The van der Waals surface area contributed by atoms with Crippen LogP contribution < -0.4 is 20.1 Å². The van der Waals surface area contributed by atoms with Crippen LogP contribution in [-0.2, 0) is 9.47 Å². The van der Waals surface area contributed by atoms with E-state index in [4.69, 9.17) is 9.47 Å². The molecule has 0 bridgehead atoms. The summed E-state index contributed by atoms with van der Waals surface area (Å²) in [5, 5.41) is 3.05. The molecule has 2 N–H and O–H groups in total. The number of morpholine rings is 2. The number of H-pyrrole nitrogens is 1. The van der Waals surface area contributed by atoms with Gasteiger partial charge in [0, 0.05) is 19.2 Å². The van der Waals surface area contributed by atoms with Gasteiger partial charge in [0.25, 0.3) is 11.7 Å². The van der Waals surface area contributed by atoms with Crippen molar-refractivity contribution in [1.29, 1.82) is 0 Å². The highest BCUT2D eigenvalue weighted by Gasteiger charge is 2.20. The van der Waals surface area contributed by atoms with E-state index in [9.17, 15) is 4.79 Å². The van der Waals surface area contributed by atoms with E-state index in [2.05, 4.69) is 20.1 Å². The standard InChI is InChI=1S/C20H24N4O3/c25-20(16-5-6-19(21-15-16)24-9-13-27-14-10-24)22-17-3-1-2-4-18(17)23-7-11-26-12-8-23/h1-6,15H,7-14H2,(H,22,25)/p+1. The molecule has 4 rings (SSSR count). The highest BCUT2D eigenvalue weighted by Crippen LogP contribution is 2.26. The lowest BCUT2D eigenvalue weighted by Gasteiger charge is -2.30. The molecule has 3 heterocycles. The maximum Gasteiger partial charge on any atom is 0.274 e. The number of pyridine rings is 1. The summed E-state index contributed by atoms with van der Waals surface area (Å²) < 4.78 is 10.8. The minimum absolute atomic E-state index is 0.125. The molecule has 0 atom stereocenters. The molecule has 142 valence electrons. The number of amides is 1. The van der Waals surface area contributed by atoms with Gasteiger partial charge in [0.15, 0.2) is 0 Å². The summed E-state index contributed by atoms with van der Waals surface area (Å²) >= 11 is 0. The largest absolute Gasteiger partial charge is 0.378 e. The molecule has 7 nitrogen and oxygen atoms in total. The monoisotopic (exact) mass is 369 g/mol. The number of ether oxygens (including phenoxy) is 2. The Bertz CT molecular complexity index is 769. The number of aromatic amines is 1. The van der Waals surface area contributed by atoms with Crippen molar-refractivity contribution < 1.29 is 19.3 Å². The molecule has 2 aromatic rings. The molecule has 2 aliphatic heterocycles. The van der Waals surface area contributed by atoms with Crippen LogP contribution in [0.5, 0.6) is 0 Å². The van der Waals surface area contributed by atoms with Crippen molar-refractivity contribution >= 4 is 23.1 Å². The molecule has 1 aromatic heterocycles. The number of para-hydroxylation sites is 2. The smallest absolute Gasteiger partial charge is 0.274 e. The SMILES string of the molecule is O=C(Nc1ccccc1N1CCOCC1)c1ccc(N2CCOCC2)[nH+]c1. The summed E-state index contributed by atoms with van der Waals surface area (Å²) in [4.78, 5) is 20.4. The Morgan fingerprint density at radius 1 is 0.889 bits per heavy atom. The lowest BCUT2D eigenvalue weighted by molar-refractivity contribution is -0.364. The van der Waals surface area contributed by atoms with Crippen LogP contribution in [0.3, 0.4) is 0 Å². The first-order valence-corrected chi connectivity index (χ1v) is 9.39. The molecule has 2 fully saturated rings.